The lowest BCUT2D eigenvalue weighted by Crippen LogP contribution is -2.24. The number of benzene rings is 2. The van der Waals surface area contributed by atoms with Crippen LogP contribution in [0.25, 0.3) is 5.69 Å². The van der Waals surface area contributed by atoms with Crippen molar-refractivity contribution in [3.8, 4) is 22.9 Å². The molecule has 0 aliphatic rings. The van der Waals surface area contributed by atoms with Gasteiger partial charge in [0, 0.05) is 6.54 Å². The van der Waals surface area contributed by atoms with Crippen molar-refractivity contribution in [2.45, 2.75) is 32.2 Å². The number of sulfonamides is 1. The molecular formula is C22H27N3O5S. The summed E-state index contributed by atoms with van der Waals surface area (Å²) in [5, 5.41) is 4.45. The van der Waals surface area contributed by atoms with Gasteiger partial charge in [-0.1, -0.05) is 17.7 Å². The van der Waals surface area contributed by atoms with E-state index >= 15 is 0 Å². The van der Waals surface area contributed by atoms with Crippen LogP contribution < -0.4 is 18.9 Å². The maximum atomic E-state index is 13.1. The van der Waals surface area contributed by atoms with Gasteiger partial charge in [-0.05, 0) is 50.6 Å². The van der Waals surface area contributed by atoms with Crippen LogP contribution in [0.2, 0.25) is 0 Å². The van der Waals surface area contributed by atoms with E-state index in [2.05, 4.69) is 9.82 Å². The van der Waals surface area contributed by atoms with Crippen LogP contribution in [0.3, 0.4) is 0 Å². The Balaban J connectivity index is 1.91. The van der Waals surface area contributed by atoms with Gasteiger partial charge in [0.1, 0.15) is 4.90 Å². The summed E-state index contributed by atoms with van der Waals surface area (Å²) in [6.07, 6.45) is 0. The Bertz CT molecular complexity index is 1160. The average molecular weight is 446 g/mol. The number of ether oxygens (including phenoxy) is 3. The van der Waals surface area contributed by atoms with Gasteiger partial charge in [-0.2, -0.15) is 5.10 Å². The molecule has 3 rings (SSSR count). The first-order valence-electron chi connectivity index (χ1n) is 9.63. The highest BCUT2D eigenvalue weighted by Gasteiger charge is 2.25. The van der Waals surface area contributed by atoms with Gasteiger partial charge in [-0.3, -0.25) is 0 Å². The number of nitrogens with zero attached hydrogens (tertiary/aromatic N) is 2. The molecule has 0 amide bonds. The molecule has 8 nitrogen and oxygen atoms in total. The van der Waals surface area contributed by atoms with Crippen LogP contribution >= 0.6 is 0 Å². The molecule has 0 saturated carbocycles. The van der Waals surface area contributed by atoms with E-state index in [1.54, 1.807) is 30.7 Å². The Morgan fingerprint density at radius 2 is 1.52 bits per heavy atom. The molecule has 166 valence electrons. The molecule has 31 heavy (non-hydrogen) atoms. The predicted molar refractivity (Wildman–Crippen MR) is 118 cm³/mol. The van der Waals surface area contributed by atoms with Crippen LogP contribution in [-0.4, -0.2) is 39.5 Å². The Labute approximate surface area is 182 Å². The van der Waals surface area contributed by atoms with E-state index in [0.717, 1.165) is 11.3 Å². The minimum atomic E-state index is -3.82. The zero-order valence-corrected chi connectivity index (χ0v) is 19.3. The lowest BCUT2D eigenvalue weighted by Gasteiger charge is -2.14. The predicted octanol–water partition coefficient (Wildman–Crippen LogP) is 3.30. The first kappa shape index (κ1) is 22.6. The number of hydrogen-bond acceptors (Lipinski definition) is 6. The van der Waals surface area contributed by atoms with Crippen LogP contribution in [0.15, 0.2) is 41.3 Å². The Morgan fingerprint density at radius 1 is 0.935 bits per heavy atom. The highest BCUT2D eigenvalue weighted by Crippen LogP contribution is 2.38. The maximum Gasteiger partial charge on any atom is 0.244 e. The Kier molecular flexibility index (Phi) is 6.56. The number of aryl methyl sites for hydroxylation is 2. The SMILES string of the molecule is COc1cc(CNS(=O)(=O)c2c(C)nn(-c3ccc(C)cc3)c2C)cc(OC)c1OC. The lowest BCUT2D eigenvalue weighted by atomic mass is 10.2. The smallest absolute Gasteiger partial charge is 0.244 e. The summed E-state index contributed by atoms with van der Waals surface area (Å²) in [6, 6.07) is 11.2. The first-order chi connectivity index (χ1) is 14.7. The van der Waals surface area contributed by atoms with E-state index in [9.17, 15) is 8.42 Å². The molecule has 0 atom stereocenters. The third-order valence-electron chi connectivity index (χ3n) is 4.96. The van der Waals surface area contributed by atoms with Gasteiger partial charge in [0.2, 0.25) is 15.8 Å². The third kappa shape index (κ3) is 4.52. The standard InChI is InChI=1S/C22H27N3O5S/c1-14-7-9-18(10-8-14)25-16(3)22(15(2)24-25)31(26,27)23-13-17-11-19(28-4)21(30-6)20(12-17)29-5/h7-12,23H,13H2,1-6H3. The van der Waals surface area contributed by atoms with E-state index in [0.29, 0.717) is 34.2 Å². The van der Waals surface area contributed by atoms with Gasteiger partial charge in [0.15, 0.2) is 11.5 Å². The maximum absolute atomic E-state index is 13.1. The van der Waals surface area contributed by atoms with Crippen LogP contribution in [0, 0.1) is 20.8 Å². The van der Waals surface area contributed by atoms with E-state index in [1.165, 1.54) is 21.3 Å². The van der Waals surface area contributed by atoms with Crippen LogP contribution in [0.4, 0.5) is 0 Å². The van der Waals surface area contributed by atoms with Crippen LogP contribution in [-0.2, 0) is 16.6 Å². The van der Waals surface area contributed by atoms with E-state index in [4.69, 9.17) is 14.2 Å². The normalized spacial score (nSPS) is 11.4. The fourth-order valence-corrected chi connectivity index (χ4v) is 4.85. The molecule has 0 spiro atoms. The minimum absolute atomic E-state index is 0.0492. The number of nitrogens with one attached hydrogen (secondary N) is 1. The molecule has 0 bridgehead atoms. The van der Waals surface area contributed by atoms with E-state index in [1.807, 2.05) is 31.2 Å². The molecule has 0 aliphatic heterocycles. The molecule has 1 aromatic heterocycles. The quantitative estimate of drug-likeness (QED) is 0.572. The summed E-state index contributed by atoms with van der Waals surface area (Å²) in [7, 11) is 0.720. The highest BCUT2D eigenvalue weighted by atomic mass is 32.2. The van der Waals surface area contributed by atoms with Crippen molar-refractivity contribution in [2.75, 3.05) is 21.3 Å². The van der Waals surface area contributed by atoms with Crippen molar-refractivity contribution in [2.24, 2.45) is 0 Å². The molecular weight excluding hydrogens is 418 g/mol. The molecule has 0 unspecified atom stereocenters. The minimum Gasteiger partial charge on any atom is -0.493 e. The fourth-order valence-electron chi connectivity index (χ4n) is 3.44. The number of rotatable bonds is 8. The second-order valence-electron chi connectivity index (χ2n) is 7.11. The van der Waals surface area contributed by atoms with Crippen molar-refractivity contribution in [1.29, 1.82) is 0 Å². The Morgan fingerprint density at radius 3 is 2.03 bits per heavy atom. The average Bonchev–Trinajstić information content (AvgIpc) is 3.06. The van der Waals surface area contributed by atoms with E-state index in [-0.39, 0.29) is 11.4 Å². The molecule has 2 aromatic carbocycles. The molecule has 0 saturated heterocycles. The summed E-state index contributed by atoms with van der Waals surface area (Å²) in [5.41, 5.74) is 3.55. The lowest BCUT2D eigenvalue weighted by molar-refractivity contribution is 0.323. The van der Waals surface area contributed by atoms with Gasteiger partial charge >= 0.3 is 0 Å². The summed E-state index contributed by atoms with van der Waals surface area (Å²) >= 11 is 0. The molecule has 0 fully saturated rings. The summed E-state index contributed by atoms with van der Waals surface area (Å²) < 4.78 is 46.5. The summed E-state index contributed by atoms with van der Waals surface area (Å²) in [5.74, 6) is 1.36. The largest absolute Gasteiger partial charge is 0.493 e. The number of aromatic nitrogens is 2. The second kappa shape index (κ2) is 8.99. The first-order valence-corrected chi connectivity index (χ1v) is 11.1. The van der Waals surface area contributed by atoms with Crippen molar-refractivity contribution in [3.05, 3.63) is 58.9 Å². The molecule has 1 N–H and O–H groups in total. The van der Waals surface area contributed by atoms with Crippen LogP contribution in [0.5, 0.6) is 17.2 Å². The van der Waals surface area contributed by atoms with Crippen molar-refractivity contribution < 1.29 is 22.6 Å². The van der Waals surface area contributed by atoms with Gasteiger partial charge < -0.3 is 14.2 Å². The fraction of sp³-hybridized carbons (Fsp3) is 0.318. The topological polar surface area (TPSA) is 91.7 Å². The highest BCUT2D eigenvalue weighted by molar-refractivity contribution is 7.89. The van der Waals surface area contributed by atoms with Crippen molar-refractivity contribution in [3.63, 3.8) is 0 Å². The van der Waals surface area contributed by atoms with Gasteiger partial charge in [-0.25, -0.2) is 17.8 Å². The Hall–Kier alpha value is -3.04. The van der Waals surface area contributed by atoms with Crippen molar-refractivity contribution >= 4 is 10.0 Å². The van der Waals surface area contributed by atoms with E-state index < -0.39 is 10.0 Å². The molecule has 0 radical (unpaired) electrons. The molecule has 1 heterocycles. The summed E-state index contributed by atoms with van der Waals surface area (Å²) in [6.45, 7) is 5.47. The van der Waals surface area contributed by atoms with Crippen LogP contribution in [0.1, 0.15) is 22.5 Å². The summed E-state index contributed by atoms with van der Waals surface area (Å²) in [4.78, 5) is 0.167. The van der Waals surface area contributed by atoms with Gasteiger partial charge in [-0.15, -0.1) is 0 Å². The zero-order valence-electron chi connectivity index (χ0n) is 18.5. The molecule has 9 heteroatoms. The number of hydrogen-bond donors (Lipinski definition) is 1. The monoisotopic (exact) mass is 445 g/mol. The molecule has 0 aliphatic carbocycles. The van der Waals surface area contributed by atoms with Gasteiger partial charge in [0.25, 0.3) is 0 Å². The number of methoxy groups -OCH3 is 3. The second-order valence-corrected chi connectivity index (χ2v) is 8.81. The van der Waals surface area contributed by atoms with Gasteiger partial charge in [0.05, 0.1) is 38.4 Å². The molecule has 3 aromatic rings. The zero-order chi connectivity index (χ0) is 22.8. The third-order valence-corrected chi connectivity index (χ3v) is 6.62. The van der Waals surface area contributed by atoms with Crippen molar-refractivity contribution in [1.82, 2.24) is 14.5 Å².